The third kappa shape index (κ3) is 4.22. The zero-order valence-electron chi connectivity index (χ0n) is 16.8. The van der Waals surface area contributed by atoms with Crippen LogP contribution in [0, 0.1) is 0 Å². The molecule has 1 atom stereocenters. The highest BCUT2D eigenvalue weighted by Gasteiger charge is 2.14. The zero-order chi connectivity index (χ0) is 21.1. The molecule has 0 aliphatic heterocycles. The molecule has 0 unspecified atom stereocenters. The van der Waals surface area contributed by atoms with Crippen LogP contribution < -0.4 is 5.32 Å². The van der Waals surface area contributed by atoms with Crippen molar-refractivity contribution < 1.29 is 10.2 Å². The Balaban J connectivity index is 1.72. The first-order valence-corrected chi connectivity index (χ1v) is 9.53. The van der Waals surface area contributed by atoms with Gasteiger partial charge in [-0.05, 0) is 17.7 Å². The van der Waals surface area contributed by atoms with Crippen molar-refractivity contribution >= 4 is 5.82 Å². The van der Waals surface area contributed by atoms with Gasteiger partial charge in [0.2, 0.25) is 0 Å². The molecular weight excluding hydrogens is 382 g/mol. The number of benzene rings is 1. The van der Waals surface area contributed by atoms with Gasteiger partial charge in [-0.2, -0.15) is 10.2 Å². The van der Waals surface area contributed by atoms with E-state index in [4.69, 9.17) is 5.11 Å². The molecule has 9 nitrogen and oxygen atoms in total. The highest BCUT2D eigenvalue weighted by molar-refractivity contribution is 5.75. The van der Waals surface area contributed by atoms with Gasteiger partial charge in [-0.1, -0.05) is 18.2 Å². The smallest absolute Gasteiger partial charge is 0.161 e. The van der Waals surface area contributed by atoms with E-state index in [0.717, 1.165) is 16.7 Å². The molecule has 0 aliphatic carbocycles. The maximum absolute atomic E-state index is 9.75. The molecule has 30 heavy (non-hydrogen) atoms. The van der Waals surface area contributed by atoms with Crippen LogP contribution in [0.5, 0.6) is 0 Å². The molecule has 154 valence electrons. The van der Waals surface area contributed by atoms with Gasteiger partial charge < -0.3 is 15.5 Å². The van der Waals surface area contributed by atoms with Crippen LogP contribution in [0.25, 0.3) is 33.8 Å². The maximum atomic E-state index is 9.75. The Kier molecular flexibility index (Phi) is 5.55. The van der Waals surface area contributed by atoms with Gasteiger partial charge in [0.15, 0.2) is 5.82 Å². The summed E-state index contributed by atoms with van der Waals surface area (Å²) >= 11 is 0. The molecule has 0 saturated heterocycles. The molecule has 3 aromatic heterocycles. The second-order valence-corrected chi connectivity index (χ2v) is 7.03. The van der Waals surface area contributed by atoms with Crippen LogP contribution >= 0.6 is 0 Å². The average molecular weight is 405 g/mol. The first kappa shape index (κ1) is 19.7. The summed E-state index contributed by atoms with van der Waals surface area (Å²) in [5.41, 5.74) is 4.31. The molecule has 0 spiro atoms. The standard InChI is InChI=1S/C21H23N7O2/c1-27-7-6-19(26-27)18-11-23-20(25-21(18)22-10-17(30)13-29)15-5-3-4-14(8-15)16-9-24-28(2)12-16/h3-9,11-12,17,29-30H,10,13H2,1-2H3,(H,22,23,25)/t17-/m0/s1. The summed E-state index contributed by atoms with van der Waals surface area (Å²) in [4.78, 5) is 9.24. The topological polar surface area (TPSA) is 114 Å². The van der Waals surface area contributed by atoms with Gasteiger partial charge >= 0.3 is 0 Å². The van der Waals surface area contributed by atoms with Gasteiger partial charge in [-0.3, -0.25) is 9.36 Å². The van der Waals surface area contributed by atoms with Crippen molar-refractivity contribution in [2.24, 2.45) is 14.1 Å². The zero-order valence-corrected chi connectivity index (χ0v) is 16.8. The van der Waals surface area contributed by atoms with Crippen molar-refractivity contribution in [2.45, 2.75) is 6.10 Å². The Morgan fingerprint density at radius 2 is 1.90 bits per heavy atom. The molecule has 4 aromatic rings. The molecular formula is C21H23N7O2. The fourth-order valence-electron chi connectivity index (χ4n) is 3.09. The van der Waals surface area contributed by atoms with E-state index in [9.17, 15) is 5.11 Å². The van der Waals surface area contributed by atoms with Gasteiger partial charge in [0.1, 0.15) is 5.82 Å². The number of anilines is 1. The summed E-state index contributed by atoms with van der Waals surface area (Å²) in [6, 6.07) is 9.80. The molecule has 3 heterocycles. The van der Waals surface area contributed by atoms with Crippen molar-refractivity contribution in [3.63, 3.8) is 0 Å². The average Bonchev–Trinajstić information content (AvgIpc) is 3.40. The normalized spacial score (nSPS) is 12.1. The van der Waals surface area contributed by atoms with Crippen LogP contribution in [0.4, 0.5) is 5.82 Å². The summed E-state index contributed by atoms with van der Waals surface area (Å²) in [6.07, 6.45) is 6.43. The first-order valence-electron chi connectivity index (χ1n) is 9.53. The lowest BCUT2D eigenvalue weighted by molar-refractivity contribution is 0.105. The van der Waals surface area contributed by atoms with Crippen molar-refractivity contribution in [2.75, 3.05) is 18.5 Å². The Labute approximate surface area is 173 Å². The molecule has 0 radical (unpaired) electrons. The second kappa shape index (κ2) is 8.44. The Hall–Kier alpha value is -3.56. The molecule has 9 heteroatoms. The van der Waals surface area contributed by atoms with Gasteiger partial charge in [0.25, 0.3) is 0 Å². The van der Waals surface area contributed by atoms with Crippen molar-refractivity contribution in [3.05, 3.63) is 55.1 Å². The van der Waals surface area contributed by atoms with Crippen LogP contribution in [0.15, 0.2) is 55.1 Å². The quantitative estimate of drug-likeness (QED) is 0.429. The fourth-order valence-corrected chi connectivity index (χ4v) is 3.09. The minimum atomic E-state index is -0.895. The third-order valence-corrected chi connectivity index (χ3v) is 4.65. The van der Waals surface area contributed by atoms with Crippen molar-refractivity contribution in [1.29, 1.82) is 0 Å². The highest BCUT2D eigenvalue weighted by Crippen LogP contribution is 2.29. The predicted molar refractivity (Wildman–Crippen MR) is 113 cm³/mol. The fraction of sp³-hybridized carbons (Fsp3) is 0.238. The number of aryl methyl sites for hydroxylation is 2. The van der Waals surface area contributed by atoms with Gasteiger partial charge in [0.05, 0.1) is 30.2 Å². The van der Waals surface area contributed by atoms with E-state index < -0.39 is 6.10 Å². The Morgan fingerprint density at radius 1 is 1.07 bits per heavy atom. The summed E-state index contributed by atoms with van der Waals surface area (Å²) in [5.74, 6) is 1.08. The maximum Gasteiger partial charge on any atom is 0.161 e. The van der Waals surface area contributed by atoms with Gasteiger partial charge in [-0.15, -0.1) is 0 Å². The summed E-state index contributed by atoms with van der Waals surface area (Å²) in [5, 5.41) is 30.6. The highest BCUT2D eigenvalue weighted by atomic mass is 16.3. The SMILES string of the molecule is Cn1cc(-c2cccc(-c3ncc(-c4ccn(C)n4)c(NC[C@H](O)CO)n3)c2)cn1. The lowest BCUT2D eigenvalue weighted by Gasteiger charge is -2.13. The molecule has 0 amide bonds. The number of aliphatic hydroxyl groups is 2. The predicted octanol–water partition coefficient (Wildman–Crippen LogP) is 1.71. The minimum absolute atomic E-state index is 0.155. The van der Waals surface area contributed by atoms with E-state index in [-0.39, 0.29) is 13.2 Å². The van der Waals surface area contributed by atoms with E-state index in [0.29, 0.717) is 22.9 Å². The summed E-state index contributed by atoms with van der Waals surface area (Å²) < 4.78 is 3.46. The van der Waals surface area contributed by atoms with Gasteiger partial charge in [-0.25, -0.2) is 9.97 Å². The van der Waals surface area contributed by atoms with Crippen LogP contribution in [-0.2, 0) is 14.1 Å². The molecule has 0 saturated carbocycles. The van der Waals surface area contributed by atoms with E-state index in [1.54, 1.807) is 15.6 Å². The van der Waals surface area contributed by atoms with Crippen molar-refractivity contribution in [3.8, 4) is 33.8 Å². The van der Waals surface area contributed by atoms with E-state index >= 15 is 0 Å². The molecule has 0 aliphatic rings. The number of aliphatic hydroxyl groups excluding tert-OH is 2. The van der Waals surface area contributed by atoms with E-state index in [2.05, 4.69) is 25.5 Å². The number of rotatable bonds is 7. The van der Waals surface area contributed by atoms with Crippen LogP contribution in [0.1, 0.15) is 0 Å². The molecule has 4 rings (SSSR count). The molecule has 0 fully saturated rings. The summed E-state index contributed by atoms with van der Waals surface area (Å²) in [6.45, 7) is -0.181. The molecule has 1 aromatic carbocycles. The lowest BCUT2D eigenvalue weighted by atomic mass is 10.1. The van der Waals surface area contributed by atoms with Crippen LogP contribution in [0.2, 0.25) is 0 Å². The van der Waals surface area contributed by atoms with Crippen molar-refractivity contribution in [1.82, 2.24) is 29.5 Å². The monoisotopic (exact) mass is 405 g/mol. The Bertz CT molecular complexity index is 1150. The largest absolute Gasteiger partial charge is 0.394 e. The van der Waals surface area contributed by atoms with E-state index in [1.807, 2.05) is 63.0 Å². The minimum Gasteiger partial charge on any atom is -0.394 e. The third-order valence-electron chi connectivity index (χ3n) is 4.65. The number of aromatic nitrogens is 6. The number of hydrogen-bond donors (Lipinski definition) is 3. The number of nitrogens with zero attached hydrogens (tertiary/aromatic N) is 6. The number of nitrogens with one attached hydrogen (secondary N) is 1. The van der Waals surface area contributed by atoms with Gasteiger partial charge in [0, 0.05) is 50.4 Å². The molecule has 0 bridgehead atoms. The number of hydrogen-bond acceptors (Lipinski definition) is 7. The second-order valence-electron chi connectivity index (χ2n) is 7.03. The van der Waals surface area contributed by atoms with Crippen LogP contribution in [-0.4, -0.2) is 59.0 Å². The summed E-state index contributed by atoms with van der Waals surface area (Å²) in [7, 11) is 3.72. The molecule has 3 N–H and O–H groups in total. The van der Waals surface area contributed by atoms with Crippen LogP contribution in [0.3, 0.4) is 0 Å². The first-order chi connectivity index (χ1) is 14.5. The Morgan fingerprint density at radius 3 is 2.60 bits per heavy atom. The lowest BCUT2D eigenvalue weighted by Crippen LogP contribution is -2.23. The van der Waals surface area contributed by atoms with E-state index in [1.165, 1.54) is 0 Å².